The Hall–Kier alpha value is -3.68. The summed E-state index contributed by atoms with van der Waals surface area (Å²) in [7, 11) is 0. The van der Waals surface area contributed by atoms with E-state index >= 15 is 0 Å². The average Bonchev–Trinajstić information content (AvgIpc) is 2.69. The van der Waals surface area contributed by atoms with E-state index in [1.807, 2.05) is 0 Å². The highest BCUT2D eigenvalue weighted by Gasteiger charge is 2.14. The van der Waals surface area contributed by atoms with Gasteiger partial charge in [-0.25, -0.2) is 18.4 Å². The molecule has 0 heterocycles. The lowest BCUT2D eigenvalue weighted by Gasteiger charge is -2.03. The summed E-state index contributed by atoms with van der Waals surface area (Å²) in [5.74, 6) is -5.08. The van der Waals surface area contributed by atoms with Gasteiger partial charge in [0, 0.05) is 12.2 Å². The van der Waals surface area contributed by atoms with Gasteiger partial charge in [-0.05, 0) is 24.3 Å². The number of Topliss-reactive ketones (excluding diaryl/α,β-unsaturated/α-hetero) is 2. The molecular formula is C20H14F2O6. The zero-order valence-electron chi connectivity index (χ0n) is 14.4. The fourth-order valence-corrected chi connectivity index (χ4v) is 2.04. The molecule has 0 radical (unpaired) electrons. The molecule has 0 aliphatic carbocycles. The smallest absolute Gasteiger partial charge is 0.331 e. The van der Waals surface area contributed by atoms with E-state index in [2.05, 4.69) is 9.47 Å². The number of hydrogen-bond donors (Lipinski definition) is 0. The van der Waals surface area contributed by atoms with Crippen molar-refractivity contribution in [2.24, 2.45) is 0 Å². The molecule has 144 valence electrons. The first kappa shape index (κ1) is 20.6. The summed E-state index contributed by atoms with van der Waals surface area (Å²) in [5.41, 5.74) is -0.462. The molecule has 0 bridgehead atoms. The van der Waals surface area contributed by atoms with E-state index in [0.29, 0.717) is 12.2 Å². The van der Waals surface area contributed by atoms with Gasteiger partial charge >= 0.3 is 11.9 Å². The van der Waals surface area contributed by atoms with E-state index < -0.39 is 48.4 Å². The van der Waals surface area contributed by atoms with Crippen molar-refractivity contribution in [3.63, 3.8) is 0 Å². The highest BCUT2D eigenvalue weighted by molar-refractivity contribution is 6.00. The topological polar surface area (TPSA) is 86.7 Å². The molecule has 0 fully saturated rings. The number of halogens is 2. The predicted molar refractivity (Wildman–Crippen MR) is 92.5 cm³/mol. The van der Waals surface area contributed by atoms with E-state index in [-0.39, 0.29) is 11.1 Å². The fraction of sp³-hybridized carbons (Fsp3) is 0.100. The summed E-state index contributed by atoms with van der Waals surface area (Å²) in [6.07, 6.45) is 1.37. The maximum absolute atomic E-state index is 13.4. The van der Waals surface area contributed by atoms with Gasteiger partial charge in [0.2, 0.25) is 11.6 Å². The molecule has 6 nitrogen and oxygen atoms in total. The lowest BCUT2D eigenvalue weighted by Crippen LogP contribution is -2.15. The molecule has 8 heteroatoms. The zero-order valence-corrected chi connectivity index (χ0v) is 14.4. The minimum Gasteiger partial charge on any atom is -0.454 e. The van der Waals surface area contributed by atoms with Gasteiger partial charge in [0.25, 0.3) is 0 Å². The Kier molecular flexibility index (Phi) is 7.27. The Labute approximate surface area is 158 Å². The van der Waals surface area contributed by atoms with E-state index in [4.69, 9.17) is 0 Å². The van der Waals surface area contributed by atoms with Crippen molar-refractivity contribution in [2.45, 2.75) is 0 Å². The van der Waals surface area contributed by atoms with Crippen LogP contribution >= 0.6 is 0 Å². The maximum Gasteiger partial charge on any atom is 0.331 e. The number of esters is 2. The molecule has 2 aromatic carbocycles. The molecule has 0 aliphatic heterocycles. The van der Waals surface area contributed by atoms with Gasteiger partial charge in [0.05, 0.1) is 11.1 Å². The van der Waals surface area contributed by atoms with Crippen LogP contribution in [0.2, 0.25) is 0 Å². The van der Waals surface area contributed by atoms with Gasteiger partial charge in [-0.3, -0.25) is 9.59 Å². The first-order valence-corrected chi connectivity index (χ1v) is 7.95. The van der Waals surface area contributed by atoms with Crippen molar-refractivity contribution in [3.8, 4) is 0 Å². The Bertz CT molecular complexity index is 860. The second kappa shape index (κ2) is 9.86. The van der Waals surface area contributed by atoms with Crippen molar-refractivity contribution < 1.29 is 37.4 Å². The SMILES string of the molecule is O=C(/C=C/C(=O)OCC(=O)c1ccccc1F)OCC(=O)c1ccccc1F. The number of ketones is 2. The van der Waals surface area contributed by atoms with Crippen molar-refractivity contribution in [2.75, 3.05) is 13.2 Å². The molecule has 0 atom stereocenters. The normalized spacial score (nSPS) is 10.5. The molecule has 0 spiro atoms. The number of carbonyl (C=O) groups is 4. The molecule has 0 aromatic heterocycles. The predicted octanol–water partition coefficient (Wildman–Crippen LogP) is 2.67. The second-order valence-corrected chi connectivity index (χ2v) is 5.35. The summed E-state index contributed by atoms with van der Waals surface area (Å²) < 4.78 is 36.1. The Morgan fingerprint density at radius 3 is 1.39 bits per heavy atom. The third kappa shape index (κ3) is 5.94. The second-order valence-electron chi connectivity index (χ2n) is 5.35. The van der Waals surface area contributed by atoms with Gasteiger partial charge in [-0.15, -0.1) is 0 Å². The molecule has 28 heavy (non-hydrogen) atoms. The van der Waals surface area contributed by atoms with Gasteiger partial charge < -0.3 is 9.47 Å². The van der Waals surface area contributed by atoms with Crippen LogP contribution in [0.25, 0.3) is 0 Å². The quantitative estimate of drug-likeness (QED) is 0.393. The summed E-state index contributed by atoms with van der Waals surface area (Å²) >= 11 is 0. The maximum atomic E-state index is 13.4. The van der Waals surface area contributed by atoms with Crippen LogP contribution in [-0.4, -0.2) is 36.7 Å². The van der Waals surface area contributed by atoms with E-state index in [0.717, 1.165) is 12.1 Å². The lowest BCUT2D eigenvalue weighted by atomic mass is 10.1. The number of ether oxygens (including phenoxy) is 2. The van der Waals surface area contributed by atoms with Gasteiger partial charge in [0.1, 0.15) is 11.6 Å². The van der Waals surface area contributed by atoms with Crippen molar-refractivity contribution >= 4 is 23.5 Å². The minimum absolute atomic E-state index is 0.231. The van der Waals surface area contributed by atoms with Crippen LogP contribution in [0.1, 0.15) is 20.7 Å². The van der Waals surface area contributed by atoms with Crippen LogP contribution in [0, 0.1) is 11.6 Å². The monoisotopic (exact) mass is 388 g/mol. The standard InChI is InChI=1S/C20H14F2O6/c21-15-7-3-1-5-13(15)17(23)11-27-19(25)9-10-20(26)28-12-18(24)14-6-2-4-8-16(14)22/h1-10H,11-12H2/b10-9+. The van der Waals surface area contributed by atoms with Gasteiger partial charge in [0.15, 0.2) is 13.2 Å². The van der Waals surface area contributed by atoms with Crippen LogP contribution in [0.15, 0.2) is 60.7 Å². The molecule has 0 saturated carbocycles. The van der Waals surface area contributed by atoms with Crippen LogP contribution in [0.3, 0.4) is 0 Å². The minimum atomic E-state index is -1.04. The Morgan fingerprint density at radius 1 is 0.679 bits per heavy atom. The van der Waals surface area contributed by atoms with E-state index in [1.165, 1.54) is 36.4 Å². The highest BCUT2D eigenvalue weighted by Crippen LogP contribution is 2.08. The number of rotatable bonds is 8. The van der Waals surface area contributed by atoms with Crippen LogP contribution in [-0.2, 0) is 19.1 Å². The van der Waals surface area contributed by atoms with Gasteiger partial charge in [-0.1, -0.05) is 24.3 Å². The highest BCUT2D eigenvalue weighted by atomic mass is 19.1. The molecule has 2 aromatic rings. The summed E-state index contributed by atoms with van der Waals surface area (Å²) in [6.45, 7) is -1.43. The number of carbonyl (C=O) groups excluding carboxylic acids is 4. The third-order valence-electron chi connectivity index (χ3n) is 3.40. The molecular weight excluding hydrogens is 374 g/mol. The van der Waals surface area contributed by atoms with Crippen molar-refractivity contribution in [1.29, 1.82) is 0 Å². The first-order chi connectivity index (χ1) is 13.4. The van der Waals surface area contributed by atoms with Gasteiger partial charge in [-0.2, -0.15) is 0 Å². The van der Waals surface area contributed by atoms with E-state index in [9.17, 15) is 28.0 Å². The van der Waals surface area contributed by atoms with E-state index in [1.54, 1.807) is 0 Å². The average molecular weight is 388 g/mol. The molecule has 2 rings (SSSR count). The number of benzene rings is 2. The third-order valence-corrected chi connectivity index (χ3v) is 3.40. The van der Waals surface area contributed by atoms with Crippen molar-refractivity contribution in [3.05, 3.63) is 83.4 Å². The summed E-state index contributed by atoms with van der Waals surface area (Å²) in [6, 6.07) is 10.4. The summed E-state index contributed by atoms with van der Waals surface area (Å²) in [4.78, 5) is 46.5. The Balaban J connectivity index is 1.78. The number of hydrogen-bond acceptors (Lipinski definition) is 6. The molecule has 0 amide bonds. The summed E-state index contributed by atoms with van der Waals surface area (Å²) in [5, 5.41) is 0. The van der Waals surface area contributed by atoms with Crippen molar-refractivity contribution in [1.82, 2.24) is 0 Å². The molecule has 0 saturated heterocycles. The lowest BCUT2D eigenvalue weighted by molar-refractivity contribution is -0.139. The fourth-order valence-electron chi connectivity index (χ4n) is 2.04. The zero-order chi connectivity index (χ0) is 20.5. The van der Waals surface area contributed by atoms with Crippen LogP contribution in [0.4, 0.5) is 8.78 Å². The first-order valence-electron chi connectivity index (χ1n) is 7.95. The van der Waals surface area contributed by atoms with Crippen LogP contribution in [0.5, 0.6) is 0 Å². The Morgan fingerprint density at radius 2 is 1.04 bits per heavy atom. The molecule has 0 N–H and O–H groups in total. The van der Waals surface area contributed by atoms with Crippen LogP contribution < -0.4 is 0 Å². The molecule has 0 unspecified atom stereocenters. The largest absolute Gasteiger partial charge is 0.454 e. The molecule has 0 aliphatic rings.